The first kappa shape index (κ1) is 18.3. The van der Waals surface area contributed by atoms with Crippen molar-refractivity contribution in [3.63, 3.8) is 0 Å². The predicted molar refractivity (Wildman–Crippen MR) is 74.7 cm³/mol. The van der Waals surface area contributed by atoms with E-state index in [4.69, 9.17) is 26.2 Å². The molecule has 10 heteroatoms. The van der Waals surface area contributed by atoms with Gasteiger partial charge in [0.1, 0.15) is 0 Å². The van der Waals surface area contributed by atoms with Crippen molar-refractivity contribution in [2.24, 2.45) is 5.73 Å². The summed E-state index contributed by atoms with van der Waals surface area (Å²) in [4.78, 5) is 21.4. The van der Waals surface area contributed by atoms with E-state index in [9.17, 15) is 18.0 Å². The number of halogens is 3. The van der Waals surface area contributed by atoms with Gasteiger partial charge < -0.3 is 20.8 Å². The van der Waals surface area contributed by atoms with Crippen LogP contribution in [0.15, 0.2) is 18.2 Å². The Morgan fingerprint density at radius 3 is 2.26 bits per heavy atom. The van der Waals surface area contributed by atoms with Crippen LogP contribution < -0.4 is 10.6 Å². The van der Waals surface area contributed by atoms with Crippen LogP contribution in [0.1, 0.15) is 22.3 Å². The highest BCUT2D eigenvalue weighted by Crippen LogP contribution is 2.27. The highest BCUT2D eigenvalue weighted by Gasteiger charge is 2.38. The van der Waals surface area contributed by atoms with Crippen LogP contribution in [0.5, 0.6) is 0 Å². The maximum absolute atomic E-state index is 10.8. The quantitative estimate of drug-likeness (QED) is 0.457. The van der Waals surface area contributed by atoms with E-state index in [-0.39, 0.29) is 11.5 Å². The van der Waals surface area contributed by atoms with E-state index in [0.717, 1.165) is 30.6 Å². The van der Waals surface area contributed by atoms with Crippen molar-refractivity contribution < 1.29 is 33.0 Å². The fourth-order valence-electron chi connectivity index (χ4n) is 1.98. The van der Waals surface area contributed by atoms with E-state index in [2.05, 4.69) is 0 Å². The lowest BCUT2D eigenvalue weighted by molar-refractivity contribution is -0.192. The molecule has 1 aliphatic rings. The molecule has 2 rings (SSSR count). The molecule has 0 radical (unpaired) electrons. The number of aromatic carboxylic acids is 1. The van der Waals surface area contributed by atoms with Gasteiger partial charge in [-0.2, -0.15) is 13.2 Å². The average Bonchev–Trinajstić information content (AvgIpc) is 2.45. The second-order valence-corrected chi connectivity index (χ2v) is 4.59. The molecule has 0 saturated carbocycles. The van der Waals surface area contributed by atoms with Crippen LogP contribution in [0.25, 0.3) is 0 Å². The number of nitrogens with one attached hydrogen (secondary N) is 1. The molecule has 0 atom stereocenters. The third-order valence-corrected chi connectivity index (χ3v) is 2.98. The van der Waals surface area contributed by atoms with Gasteiger partial charge >= 0.3 is 18.1 Å². The first-order chi connectivity index (χ1) is 10.5. The van der Waals surface area contributed by atoms with Gasteiger partial charge in [0, 0.05) is 12.2 Å². The largest absolute Gasteiger partial charge is 0.490 e. The average molecular weight is 333 g/mol. The number of alkyl halides is 3. The summed E-state index contributed by atoms with van der Waals surface area (Å²) in [5.41, 5.74) is 7.55. The maximum Gasteiger partial charge on any atom is 0.490 e. The summed E-state index contributed by atoms with van der Waals surface area (Å²) in [6.45, 7) is 0.717. The van der Waals surface area contributed by atoms with E-state index < -0.39 is 18.1 Å². The minimum Gasteiger partial charge on any atom is -0.478 e. The zero-order valence-corrected chi connectivity index (χ0v) is 11.7. The molecule has 1 heterocycles. The van der Waals surface area contributed by atoms with Crippen molar-refractivity contribution >= 4 is 23.6 Å². The first-order valence-corrected chi connectivity index (χ1v) is 6.32. The molecular formula is C13H14F3N3O4. The number of hydrogen-bond acceptors (Lipinski definition) is 3. The monoisotopic (exact) mass is 333 g/mol. The summed E-state index contributed by atoms with van der Waals surface area (Å²) in [5.74, 6) is -3.68. The normalized spacial score (nSPS) is 13.4. The summed E-state index contributed by atoms with van der Waals surface area (Å²) in [5, 5.41) is 23.5. The fourth-order valence-corrected chi connectivity index (χ4v) is 1.98. The van der Waals surface area contributed by atoms with Crippen LogP contribution in [0.4, 0.5) is 18.9 Å². The van der Waals surface area contributed by atoms with E-state index in [0.29, 0.717) is 0 Å². The van der Waals surface area contributed by atoms with Gasteiger partial charge in [0.05, 0.1) is 5.56 Å². The molecule has 1 aromatic carbocycles. The topological polar surface area (TPSA) is 128 Å². The minimum absolute atomic E-state index is 0.00373. The lowest BCUT2D eigenvalue weighted by Gasteiger charge is -2.29. The maximum atomic E-state index is 10.8. The molecule has 126 valence electrons. The van der Waals surface area contributed by atoms with E-state index in [1.54, 1.807) is 23.1 Å². The molecule has 0 fully saturated rings. The van der Waals surface area contributed by atoms with E-state index >= 15 is 0 Å². The first-order valence-electron chi connectivity index (χ1n) is 6.32. The summed E-state index contributed by atoms with van der Waals surface area (Å²) in [7, 11) is 0. The van der Waals surface area contributed by atoms with Crippen molar-refractivity contribution in [1.29, 1.82) is 5.41 Å². The number of anilines is 1. The van der Waals surface area contributed by atoms with Crippen LogP contribution in [0.3, 0.4) is 0 Å². The molecule has 0 unspecified atom stereocenters. The van der Waals surface area contributed by atoms with Crippen molar-refractivity contribution in [1.82, 2.24) is 0 Å². The fraction of sp³-hybridized carbons (Fsp3) is 0.308. The van der Waals surface area contributed by atoms with Crippen LogP contribution in [-0.2, 0) is 11.2 Å². The zero-order valence-electron chi connectivity index (χ0n) is 11.7. The van der Waals surface area contributed by atoms with Gasteiger partial charge in [-0.3, -0.25) is 5.41 Å². The van der Waals surface area contributed by atoms with Crippen molar-refractivity contribution in [2.75, 3.05) is 11.4 Å². The van der Waals surface area contributed by atoms with Gasteiger partial charge in [-0.1, -0.05) is 0 Å². The molecule has 0 aromatic heterocycles. The Kier molecular flexibility index (Phi) is 5.55. The lowest BCUT2D eigenvalue weighted by atomic mass is 9.99. The van der Waals surface area contributed by atoms with Gasteiger partial charge in [-0.15, -0.1) is 0 Å². The Bertz CT molecular complexity index is 631. The summed E-state index contributed by atoms with van der Waals surface area (Å²) in [6, 6.07) is 4.93. The summed E-state index contributed by atoms with van der Waals surface area (Å²) < 4.78 is 31.7. The number of carboxylic acid groups (broad SMARTS) is 2. The molecule has 0 saturated heterocycles. The second kappa shape index (κ2) is 6.99. The number of fused-ring (bicyclic) bond motifs is 1. The molecule has 5 N–H and O–H groups in total. The van der Waals surface area contributed by atoms with Crippen LogP contribution in [0.2, 0.25) is 0 Å². The number of nitrogens with zero attached hydrogens (tertiary/aromatic N) is 1. The molecule has 23 heavy (non-hydrogen) atoms. The number of aliphatic carboxylic acids is 1. The lowest BCUT2D eigenvalue weighted by Crippen LogP contribution is -2.40. The molecule has 1 aromatic rings. The highest BCUT2D eigenvalue weighted by atomic mass is 19.4. The molecule has 7 nitrogen and oxygen atoms in total. The van der Waals surface area contributed by atoms with Gasteiger partial charge in [0.2, 0.25) is 0 Å². The minimum atomic E-state index is -5.08. The Morgan fingerprint density at radius 2 is 1.83 bits per heavy atom. The van der Waals surface area contributed by atoms with E-state index in [1.165, 1.54) is 0 Å². The van der Waals surface area contributed by atoms with Crippen molar-refractivity contribution in [3.8, 4) is 0 Å². The molecule has 0 amide bonds. The summed E-state index contributed by atoms with van der Waals surface area (Å²) in [6.07, 6.45) is -3.37. The van der Waals surface area contributed by atoms with Gasteiger partial charge in [0.15, 0.2) is 5.96 Å². The Morgan fingerprint density at radius 1 is 1.26 bits per heavy atom. The number of nitrogens with two attached hydrogens (primary N) is 1. The number of guanidine groups is 1. The Hall–Kier alpha value is -2.78. The molecule has 0 spiro atoms. The number of rotatable bonds is 1. The second-order valence-electron chi connectivity index (χ2n) is 4.59. The Balaban J connectivity index is 0.000000322. The Labute approximate surface area is 128 Å². The number of aryl methyl sites for hydroxylation is 1. The zero-order chi connectivity index (χ0) is 17.8. The SMILES string of the molecule is N=C(N)N1CCCc2cc(C(=O)O)ccc21.O=C(O)C(F)(F)F. The predicted octanol–water partition coefficient (Wildman–Crippen LogP) is 1.66. The highest BCUT2D eigenvalue weighted by molar-refractivity contribution is 5.95. The van der Waals surface area contributed by atoms with Gasteiger partial charge in [-0.25, -0.2) is 9.59 Å². The van der Waals surface area contributed by atoms with Crippen molar-refractivity contribution in [3.05, 3.63) is 29.3 Å². The standard InChI is InChI=1S/C11H13N3O2.C2HF3O2/c12-11(13)14-5-1-2-7-6-8(10(15)16)3-4-9(7)14;3-2(4,5)1(6)7/h3-4,6H,1-2,5H2,(H3,12,13)(H,15,16);(H,6,7). The van der Waals surface area contributed by atoms with Crippen LogP contribution in [0, 0.1) is 5.41 Å². The van der Waals surface area contributed by atoms with Gasteiger partial charge in [-0.05, 0) is 36.6 Å². The molecule has 0 aliphatic carbocycles. The molecule has 0 bridgehead atoms. The number of hydrogen-bond donors (Lipinski definition) is 4. The number of carbonyl (C=O) groups is 2. The summed E-state index contributed by atoms with van der Waals surface area (Å²) >= 11 is 0. The number of benzene rings is 1. The molecule has 1 aliphatic heterocycles. The van der Waals surface area contributed by atoms with E-state index in [1.807, 2.05) is 0 Å². The van der Waals surface area contributed by atoms with Gasteiger partial charge in [0.25, 0.3) is 0 Å². The van der Waals surface area contributed by atoms with Crippen LogP contribution in [-0.4, -0.2) is 40.8 Å². The smallest absolute Gasteiger partial charge is 0.478 e. The molecular weight excluding hydrogens is 319 g/mol. The van der Waals surface area contributed by atoms with Crippen molar-refractivity contribution in [2.45, 2.75) is 19.0 Å². The third kappa shape index (κ3) is 4.87. The number of carboxylic acids is 2. The van der Waals surface area contributed by atoms with Crippen LogP contribution >= 0.6 is 0 Å². The third-order valence-electron chi connectivity index (χ3n) is 2.98.